The summed E-state index contributed by atoms with van der Waals surface area (Å²) in [6.45, 7) is 6.67. The number of carbonyl (C=O) groups excluding carboxylic acids is 1. The lowest BCUT2D eigenvalue weighted by Gasteiger charge is -2.46. The van der Waals surface area contributed by atoms with E-state index >= 15 is 0 Å². The van der Waals surface area contributed by atoms with Crippen molar-refractivity contribution in [3.63, 3.8) is 0 Å². The van der Waals surface area contributed by atoms with Gasteiger partial charge in [0.25, 0.3) is 0 Å². The molecular weight excluding hydrogens is 256 g/mol. The third-order valence-electron chi connectivity index (χ3n) is 5.46. The number of carboxylic acids is 1. The number of rotatable bonds is 2. The average Bonchev–Trinajstić information content (AvgIpc) is 2.73. The number of carboxylic acid groups (broad SMARTS) is 1. The molecule has 3 nitrogen and oxygen atoms in total. The van der Waals surface area contributed by atoms with Gasteiger partial charge < -0.3 is 5.11 Å². The van der Waals surface area contributed by atoms with Gasteiger partial charge >= 0.3 is 5.97 Å². The SMILES string of the molecule is C[Si](C)(C)[C@H]1[C@@H](C(=O)O)[C@@H]2C=C3CCCC[C@@]31C2=O. The first-order valence-corrected chi connectivity index (χ1v) is 10.9. The molecule has 2 bridgehead atoms. The van der Waals surface area contributed by atoms with Crippen molar-refractivity contribution in [2.24, 2.45) is 17.3 Å². The summed E-state index contributed by atoms with van der Waals surface area (Å²) in [5.74, 6) is -1.31. The molecule has 2 saturated carbocycles. The van der Waals surface area contributed by atoms with Gasteiger partial charge in [-0.05, 0) is 24.8 Å². The predicted octanol–water partition coefficient (Wildman–Crippen LogP) is 3.09. The fourth-order valence-corrected chi connectivity index (χ4v) is 8.45. The Morgan fingerprint density at radius 3 is 2.63 bits per heavy atom. The van der Waals surface area contributed by atoms with Gasteiger partial charge in [0.1, 0.15) is 0 Å². The first-order chi connectivity index (χ1) is 8.80. The van der Waals surface area contributed by atoms with Crippen LogP contribution in [0.5, 0.6) is 0 Å². The van der Waals surface area contributed by atoms with Crippen molar-refractivity contribution < 1.29 is 14.7 Å². The summed E-state index contributed by atoms with van der Waals surface area (Å²) in [6, 6.07) is 0. The number of allylic oxidation sites excluding steroid dienone is 2. The van der Waals surface area contributed by atoms with Crippen LogP contribution in [-0.2, 0) is 9.59 Å². The molecule has 19 heavy (non-hydrogen) atoms. The van der Waals surface area contributed by atoms with Crippen LogP contribution < -0.4 is 0 Å². The van der Waals surface area contributed by atoms with Gasteiger partial charge in [0.2, 0.25) is 0 Å². The largest absolute Gasteiger partial charge is 0.481 e. The van der Waals surface area contributed by atoms with E-state index in [2.05, 4.69) is 19.6 Å². The molecule has 0 unspecified atom stereocenters. The van der Waals surface area contributed by atoms with E-state index < -0.39 is 20.0 Å². The van der Waals surface area contributed by atoms with Gasteiger partial charge in [0.05, 0.1) is 17.3 Å². The number of Topliss-reactive ketones (excluding diaryl/α,β-unsaturated/α-hetero) is 1. The number of ketones is 1. The second-order valence-corrected chi connectivity index (χ2v) is 12.8. The maximum Gasteiger partial charge on any atom is 0.307 e. The van der Waals surface area contributed by atoms with Crippen molar-refractivity contribution >= 4 is 19.8 Å². The fourth-order valence-electron chi connectivity index (χ4n) is 5.07. The molecule has 4 atom stereocenters. The van der Waals surface area contributed by atoms with E-state index in [1.807, 2.05) is 6.08 Å². The van der Waals surface area contributed by atoms with E-state index in [0.717, 1.165) is 25.7 Å². The quantitative estimate of drug-likeness (QED) is 0.624. The fraction of sp³-hybridized carbons (Fsp3) is 0.733. The zero-order chi connectivity index (χ0) is 14.0. The van der Waals surface area contributed by atoms with Crippen LogP contribution in [0.4, 0.5) is 0 Å². The van der Waals surface area contributed by atoms with Gasteiger partial charge in [-0.1, -0.05) is 37.7 Å². The maximum atomic E-state index is 12.8. The lowest BCUT2D eigenvalue weighted by atomic mass is 9.68. The number of hydrogen-bond donors (Lipinski definition) is 1. The van der Waals surface area contributed by atoms with Gasteiger partial charge in [-0.25, -0.2) is 0 Å². The van der Waals surface area contributed by atoms with E-state index in [1.165, 1.54) is 5.57 Å². The highest BCUT2D eigenvalue weighted by molar-refractivity contribution is 6.78. The van der Waals surface area contributed by atoms with Gasteiger partial charge in [-0.2, -0.15) is 0 Å². The Bertz CT molecular complexity index is 488. The zero-order valence-corrected chi connectivity index (χ0v) is 12.9. The molecule has 104 valence electrons. The molecule has 0 amide bonds. The van der Waals surface area contributed by atoms with Crippen LogP contribution in [0.15, 0.2) is 11.6 Å². The van der Waals surface area contributed by atoms with E-state index in [-0.39, 0.29) is 22.7 Å². The monoisotopic (exact) mass is 278 g/mol. The zero-order valence-electron chi connectivity index (χ0n) is 11.9. The van der Waals surface area contributed by atoms with Crippen LogP contribution in [0.3, 0.4) is 0 Å². The Kier molecular flexibility index (Phi) is 2.63. The molecule has 2 fully saturated rings. The molecule has 0 radical (unpaired) electrons. The number of fused-ring (bicyclic) bond motifs is 1. The Labute approximate surface area is 115 Å². The second-order valence-electron chi connectivity index (χ2n) is 7.47. The van der Waals surface area contributed by atoms with Crippen molar-refractivity contribution in [3.8, 4) is 0 Å². The van der Waals surface area contributed by atoms with Crippen molar-refractivity contribution in [3.05, 3.63) is 11.6 Å². The number of aliphatic carboxylic acids is 1. The third-order valence-corrected chi connectivity index (χ3v) is 8.18. The van der Waals surface area contributed by atoms with E-state index in [9.17, 15) is 14.7 Å². The molecule has 3 rings (SSSR count). The third kappa shape index (κ3) is 1.49. The Hall–Kier alpha value is -0.903. The Morgan fingerprint density at radius 2 is 2.05 bits per heavy atom. The van der Waals surface area contributed by atoms with Crippen LogP contribution in [0.2, 0.25) is 25.2 Å². The molecular formula is C15H22O3Si. The lowest BCUT2D eigenvalue weighted by Crippen LogP contribution is -2.46. The highest BCUT2D eigenvalue weighted by atomic mass is 28.3. The summed E-state index contributed by atoms with van der Waals surface area (Å²) < 4.78 is 0. The molecule has 1 N–H and O–H groups in total. The molecule has 1 spiro atoms. The van der Waals surface area contributed by atoms with Crippen molar-refractivity contribution in [1.29, 1.82) is 0 Å². The van der Waals surface area contributed by atoms with Crippen molar-refractivity contribution in [2.75, 3.05) is 0 Å². The van der Waals surface area contributed by atoms with Crippen LogP contribution in [0.1, 0.15) is 25.7 Å². The van der Waals surface area contributed by atoms with Crippen LogP contribution in [0.25, 0.3) is 0 Å². The minimum Gasteiger partial charge on any atom is -0.481 e. The molecule has 3 aliphatic carbocycles. The molecule has 0 heterocycles. The Morgan fingerprint density at radius 1 is 1.37 bits per heavy atom. The Balaban J connectivity index is 2.17. The topological polar surface area (TPSA) is 54.4 Å². The molecule has 0 aromatic heterocycles. The molecule has 0 saturated heterocycles. The summed E-state index contributed by atoms with van der Waals surface area (Å²) in [5.41, 5.74) is 1.00. The smallest absolute Gasteiger partial charge is 0.307 e. The number of carbonyl (C=O) groups is 2. The summed E-state index contributed by atoms with van der Waals surface area (Å²) >= 11 is 0. The summed E-state index contributed by atoms with van der Waals surface area (Å²) in [7, 11) is -1.71. The van der Waals surface area contributed by atoms with E-state index in [0.29, 0.717) is 0 Å². The van der Waals surface area contributed by atoms with Crippen LogP contribution >= 0.6 is 0 Å². The minimum atomic E-state index is -1.71. The van der Waals surface area contributed by atoms with E-state index in [1.54, 1.807) is 0 Å². The summed E-state index contributed by atoms with van der Waals surface area (Å²) in [5, 5.41) is 9.61. The molecule has 3 aliphatic rings. The van der Waals surface area contributed by atoms with Crippen molar-refractivity contribution in [1.82, 2.24) is 0 Å². The average molecular weight is 278 g/mol. The van der Waals surface area contributed by atoms with Gasteiger partial charge in [0, 0.05) is 8.07 Å². The predicted molar refractivity (Wildman–Crippen MR) is 75.7 cm³/mol. The maximum absolute atomic E-state index is 12.8. The lowest BCUT2D eigenvalue weighted by molar-refractivity contribution is -0.143. The first-order valence-electron chi connectivity index (χ1n) is 7.28. The molecule has 4 heteroatoms. The summed E-state index contributed by atoms with van der Waals surface area (Å²) in [6.07, 6.45) is 6.16. The van der Waals surface area contributed by atoms with Crippen LogP contribution in [0, 0.1) is 17.3 Å². The number of hydrogen-bond acceptors (Lipinski definition) is 2. The highest BCUT2D eigenvalue weighted by Gasteiger charge is 2.69. The highest BCUT2D eigenvalue weighted by Crippen LogP contribution is 2.68. The minimum absolute atomic E-state index is 0.0929. The standard InChI is InChI=1S/C15H22O3Si/c1-19(2,3)13-11(14(17)18)10-8-9-6-4-5-7-15(9,13)12(10)16/h8,10-11,13H,4-7H2,1-3H3,(H,17,18)/t10-,11-,13-,15-/m0/s1. The normalized spacial score (nSPS) is 41.1. The second kappa shape index (κ2) is 3.81. The van der Waals surface area contributed by atoms with Crippen LogP contribution in [-0.4, -0.2) is 24.9 Å². The molecule has 0 aromatic carbocycles. The molecule has 0 aromatic rings. The van der Waals surface area contributed by atoms with E-state index in [4.69, 9.17) is 0 Å². The van der Waals surface area contributed by atoms with Gasteiger partial charge in [0.15, 0.2) is 5.78 Å². The van der Waals surface area contributed by atoms with Gasteiger partial charge in [-0.3, -0.25) is 9.59 Å². The summed E-state index contributed by atoms with van der Waals surface area (Å²) in [4.78, 5) is 24.5. The first kappa shape index (κ1) is 13.1. The van der Waals surface area contributed by atoms with Gasteiger partial charge in [-0.15, -0.1) is 0 Å². The molecule has 0 aliphatic heterocycles. The van der Waals surface area contributed by atoms with Crippen molar-refractivity contribution in [2.45, 2.75) is 50.9 Å².